The van der Waals surface area contributed by atoms with Gasteiger partial charge in [0, 0.05) is 54.2 Å². The predicted molar refractivity (Wildman–Crippen MR) is 110 cm³/mol. The van der Waals surface area contributed by atoms with Crippen LogP contribution in [0.25, 0.3) is 0 Å². The van der Waals surface area contributed by atoms with Crippen molar-refractivity contribution in [1.82, 2.24) is 9.88 Å². The average molecular weight is 398 g/mol. The SMILES string of the molecule is O=C(c1ccncc1)N1CCC(C(=O)N2CCCCc3cc(Cl)ccc32)CC1. The lowest BCUT2D eigenvalue weighted by Gasteiger charge is -2.34. The number of carbonyl (C=O) groups is 2. The van der Waals surface area contributed by atoms with Crippen LogP contribution >= 0.6 is 11.6 Å². The first-order valence-corrected chi connectivity index (χ1v) is 10.3. The largest absolute Gasteiger partial charge is 0.339 e. The summed E-state index contributed by atoms with van der Waals surface area (Å²) in [4.78, 5) is 33.6. The predicted octanol–water partition coefficient (Wildman–Crippen LogP) is 3.96. The van der Waals surface area contributed by atoms with E-state index in [1.54, 1.807) is 24.5 Å². The summed E-state index contributed by atoms with van der Waals surface area (Å²) in [6.07, 6.45) is 7.69. The second-order valence-electron chi connectivity index (χ2n) is 7.52. The monoisotopic (exact) mass is 397 g/mol. The Hall–Kier alpha value is -2.40. The van der Waals surface area contributed by atoms with E-state index in [0.29, 0.717) is 31.5 Å². The third-order valence-electron chi connectivity index (χ3n) is 5.73. The van der Waals surface area contributed by atoms with Gasteiger partial charge in [-0.05, 0) is 68.0 Å². The average Bonchev–Trinajstić information content (AvgIpc) is 2.95. The van der Waals surface area contributed by atoms with E-state index >= 15 is 0 Å². The maximum absolute atomic E-state index is 13.3. The van der Waals surface area contributed by atoms with Gasteiger partial charge in [-0.15, -0.1) is 0 Å². The molecule has 0 saturated carbocycles. The van der Waals surface area contributed by atoms with Crippen molar-refractivity contribution < 1.29 is 9.59 Å². The molecule has 2 amide bonds. The first-order chi connectivity index (χ1) is 13.6. The topological polar surface area (TPSA) is 53.5 Å². The van der Waals surface area contributed by atoms with E-state index in [9.17, 15) is 9.59 Å². The summed E-state index contributed by atoms with van der Waals surface area (Å²) in [5, 5.41) is 0.719. The summed E-state index contributed by atoms with van der Waals surface area (Å²) in [5.74, 6) is 0.160. The molecule has 2 aromatic rings. The number of pyridine rings is 1. The first kappa shape index (κ1) is 18.9. The number of aryl methyl sites for hydroxylation is 1. The van der Waals surface area contributed by atoms with Crippen LogP contribution < -0.4 is 4.90 Å². The van der Waals surface area contributed by atoms with Gasteiger partial charge in [-0.1, -0.05) is 11.6 Å². The fourth-order valence-electron chi connectivity index (χ4n) is 4.18. The van der Waals surface area contributed by atoms with E-state index in [-0.39, 0.29) is 17.7 Å². The Morgan fingerprint density at radius 3 is 2.50 bits per heavy atom. The summed E-state index contributed by atoms with van der Waals surface area (Å²) < 4.78 is 0. The summed E-state index contributed by atoms with van der Waals surface area (Å²) in [7, 11) is 0. The molecule has 0 atom stereocenters. The van der Waals surface area contributed by atoms with Crippen LogP contribution in [0.1, 0.15) is 41.6 Å². The van der Waals surface area contributed by atoms with Crippen molar-refractivity contribution in [3.8, 4) is 0 Å². The fraction of sp³-hybridized carbons (Fsp3) is 0.409. The quantitative estimate of drug-likeness (QED) is 0.770. The van der Waals surface area contributed by atoms with Crippen molar-refractivity contribution >= 4 is 29.1 Å². The van der Waals surface area contributed by atoms with Crippen molar-refractivity contribution in [3.63, 3.8) is 0 Å². The van der Waals surface area contributed by atoms with Gasteiger partial charge in [-0.2, -0.15) is 0 Å². The molecule has 2 aliphatic rings. The second-order valence-corrected chi connectivity index (χ2v) is 7.96. The number of hydrogen-bond acceptors (Lipinski definition) is 3. The molecule has 5 nitrogen and oxygen atoms in total. The molecule has 4 rings (SSSR count). The maximum Gasteiger partial charge on any atom is 0.253 e. The molecular formula is C22H24ClN3O2. The zero-order chi connectivity index (χ0) is 19.5. The van der Waals surface area contributed by atoms with Gasteiger partial charge < -0.3 is 9.80 Å². The number of hydrogen-bond donors (Lipinski definition) is 0. The Labute approximate surface area is 170 Å². The van der Waals surface area contributed by atoms with E-state index in [2.05, 4.69) is 4.98 Å². The van der Waals surface area contributed by atoms with Crippen LogP contribution in [0.15, 0.2) is 42.7 Å². The minimum absolute atomic E-state index is 0.0167. The van der Waals surface area contributed by atoms with Crippen molar-refractivity contribution in [2.45, 2.75) is 32.1 Å². The molecule has 0 unspecified atom stereocenters. The van der Waals surface area contributed by atoms with Crippen molar-refractivity contribution in [2.24, 2.45) is 5.92 Å². The summed E-state index contributed by atoms with van der Waals surface area (Å²) in [6, 6.07) is 9.29. The summed E-state index contributed by atoms with van der Waals surface area (Å²) in [6.45, 7) is 1.97. The van der Waals surface area contributed by atoms with Crippen molar-refractivity contribution in [3.05, 3.63) is 58.9 Å². The molecule has 0 N–H and O–H groups in total. The zero-order valence-electron chi connectivity index (χ0n) is 15.8. The molecule has 1 aromatic heterocycles. The van der Waals surface area contributed by atoms with E-state index in [1.807, 2.05) is 28.0 Å². The van der Waals surface area contributed by atoms with Crippen LogP contribution in [-0.4, -0.2) is 41.3 Å². The Kier molecular flexibility index (Phi) is 5.62. The lowest BCUT2D eigenvalue weighted by Crippen LogP contribution is -2.44. The number of anilines is 1. The van der Waals surface area contributed by atoms with Crippen LogP contribution in [0.5, 0.6) is 0 Å². The number of nitrogens with zero attached hydrogens (tertiary/aromatic N) is 3. The molecule has 2 aliphatic heterocycles. The maximum atomic E-state index is 13.3. The smallest absolute Gasteiger partial charge is 0.253 e. The number of likely N-dealkylation sites (tertiary alicyclic amines) is 1. The lowest BCUT2D eigenvalue weighted by molar-refractivity contribution is -0.123. The van der Waals surface area contributed by atoms with Gasteiger partial charge in [0.15, 0.2) is 0 Å². The highest BCUT2D eigenvalue weighted by Crippen LogP contribution is 2.32. The van der Waals surface area contributed by atoms with Gasteiger partial charge in [-0.3, -0.25) is 14.6 Å². The van der Waals surface area contributed by atoms with Crippen LogP contribution in [-0.2, 0) is 11.2 Å². The van der Waals surface area contributed by atoms with Gasteiger partial charge >= 0.3 is 0 Å². The minimum atomic E-state index is -0.0388. The van der Waals surface area contributed by atoms with Crippen LogP contribution in [0.3, 0.4) is 0 Å². The molecule has 0 spiro atoms. The molecule has 3 heterocycles. The standard InChI is InChI=1S/C22H24ClN3O2/c23-19-4-5-20-18(15-19)3-1-2-12-26(20)22(28)17-8-13-25(14-9-17)21(27)16-6-10-24-11-7-16/h4-7,10-11,15,17H,1-3,8-9,12-14H2. The highest BCUT2D eigenvalue weighted by atomic mass is 35.5. The number of amides is 2. The van der Waals surface area contributed by atoms with Gasteiger partial charge in [0.25, 0.3) is 5.91 Å². The third-order valence-corrected chi connectivity index (χ3v) is 5.97. The number of halogens is 1. The van der Waals surface area contributed by atoms with Gasteiger partial charge in [-0.25, -0.2) is 0 Å². The molecule has 6 heteroatoms. The normalized spacial score (nSPS) is 17.8. The number of benzene rings is 1. The molecule has 0 bridgehead atoms. The lowest BCUT2D eigenvalue weighted by atomic mass is 9.94. The van der Waals surface area contributed by atoms with Crippen molar-refractivity contribution in [1.29, 1.82) is 0 Å². The van der Waals surface area contributed by atoms with Crippen molar-refractivity contribution in [2.75, 3.05) is 24.5 Å². The van der Waals surface area contributed by atoms with Gasteiger partial charge in [0.1, 0.15) is 0 Å². The second kappa shape index (κ2) is 8.31. The Balaban J connectivity index is 1.44. The van der Waals surface area contributed by atoms with Crippen LogP contribution in [0.2, 0.25) is 5.02 Å². The number of rotatable bonds is 2. The molecule has 0 aliphatic carbocycles. The first-order valence-electron chi connectivity index (χ1n) is 9.92. The molecule has 146 valence electrons. The van der Waals surface area contributed by atoms with Gasteiger partial charge in [0.2, 0.25) is 5.91 Å². The van der Waals surface area contributed by atoms with Crippen LogP contribution in [0.4, 0.5) is 5.69 Å². The molecule has 0 radical (unpaired) electrons. The molecule has 1 saturated heterocycles. The number of piperidine rings is 1. The molecular weight excluding hydrogens is 374 g/mol. The highest BCUT2D eigenvalue weighted by molar-refractivity contribution is 6.30. The van der Waals surface area contributed by atoms with Gasteiger partial charge in [0.05, 0.1) is 0 Å². The van der Waals surface area contributed by atoms with Crippen LogP contribution in [0, 0.1) is 5.92 Å². The van der Waals surface area contributed by atoms with E-state index in [0.717, 1.165) is 42.1 Å². The Morgan fingerprint density at radius 1 is 1.00 bits per heavy atom. The number of carbonyl (C=O) groups excluding carboxylic acids is 2. The van der Waals surface area contributed by atoms with E-state index in [1.165, 1.54) is 0 Å². The Morgan fingerprint density at radius 2 is 1.75 bits per heavy atom. The summed E-state index contributed by atoms with van der Waals surface area (Å²) >= 11 is 6.16. The fourth-order valence-corrected chi connectivity index (χ4v) is 4.37. The summed E-state index contributed by atoms with van der Waals surface area (Å²) in [5.41, 5.74) is 2.81. The Bertz CT molecular complexity index is 863. The zero-order valence-corrected chi connectivity index (χ0v) is 16.6. The minimum Gasteiger partial charge on any atom is -0.339 e. The molecule has 1 fully saturated rings. The van der Waals surface area contributed by atoms with E-state index in [4.69, 9.17) is 11.6 Å². The number of fused-ring (bicyclic) bond motifs is 1. The highest BCUT2D eigenvalue weighted by Gasteiger charge is 2.32. The van der Waals surface area contributed by atoms with E-state index < -0.39 is 0 Å². The number of aromatic nitrogens is 1. The third kappa shape index (κ3) is 3.90. The molecule has 28 heavy (non-hydrogen) atoms. The molecule has 1 aromatic carbocycles.